The van der Waals surface area contributed by atoms with Crippen LogP contribution in [-0.4, -0.2) is 4.92 Å². The molecule has 2 aromatic rings. The molecule has 0 amide bonds. The summed E-state index contributed by atoms with van der Waals surface area (Å²) in [5.74, 6) is 0. The average Bonchev–Trinajstić information content (AvgIpc) is 2.43. The van der Waals surface area contributed by atoms with E-state index in [2.05, 4.69) is 15.9 Å². The van der Waals surface area contributed by atoms with Crippen LogP contribution >= 0.6 is 15.9 Å². The number of nitrogens with zero attached hydrogens (tertiary/aromatic N) is 1. The second kappa shape index (κ2) is 6.48. The smallest absolute Gasteiger partial charge is 0.251 e. The predicted molar refractivity (Wildman–Crippen MR) is 84.0 cm³/mol. The summed E-state index contributed by atoms with van der Waals surface area (Å²) >= 11 is 3.42. The fraction of sp³-hybridized carbons (Fsp3) is 0.125. The van der Waals surface area contributed by atoms with Gasteiger partial charge in [-0.3, -0.25) is 10.1 Å². The van der Waals surface area contributed by atoms with E-state index >= 15 is 0 Å². The van der Waals surface area contributed by atoms with E-state index in [1.807, 2.05) is 55.5 Å². The third-order valence-corrected chi connectivity index (χ3v) is 3.87. The molecule has 0 bridgehead atoms. The molecular formula is C16H14BrNO2. The maximum atomic E-state index is 11.2. The summed E-state index contributed by atoms with van der Waals surface area (Å²) in [4.78, 5) is 10.9. The lowest BCUT2D eigenvalue weighted by Gasteiger charge is -2.02. The van der Waals surface area contributed by atoms with Gasteiger partial charge in [0.05, 0.1) is 11.3 Å². The van der Waals surface area contributed by atoms with Gasteiger partial charge in [-0.1, -0.05) is 58.4 Å². The number of benzene rings is 2. The lowest BCUT2D eigenvalue weighted by atomic mass is 10.1. The zero-order valence-corrected chi connectivity index (χ0v) is 12.6. The standard InChI is InChI=1S/C16H14BrNO2/c1-12-9-14(7-8-16(12)17)11-15(18(19)20)10-13-5-3-2-4-6-13/h2-9,11H,10H2,1H3. The molecule has 102 valence electrons. The van der Waals surface area contributed by atoms with E-state index in [4.69, 9.17) is 0 Å². The summed E-state index contributed by atoms with van der Waals surface area (Å²) in [7, 11) is 0. The maximum absolute atomic E-state index is 11.2. The third kappa shape index (κ3) is 3.78. The molecule has 0 fully saturated rings. The first-order chi connectivity index (χ1) is 9.56. The number of hydrogen-bond donors (Lipinski definition) is 0. The van der Waals surface area contributed by atoms with Gasteiger partial charge < -0.3 is 0 Å². The Balaban J connectivity index is 2.30. The van der Waals surface area contributed by atoms with Crippen molar-refractivity contribution in [1.29, 1.82) is 0 Å². The summed E-state index contributed by atoms with van der Waals surface area (Å²) < 4.78 is 1.00. The maximum Gasteiger partial charge on any atom is 0.251 e. The number of rotatable bonds is 4. The Morgan fingerprint density at radius 2 is 1.95 bits per heavy atom. The highest BCUT2D eigenvalue weighted by atomic mass is 79.9. The molecule has 0 aromatic heterocycles. The Bertz CT molecular complexity index is 651. The van der Waals surface area contributed by atoms with E-state index in [9.17, 15) is 10.1 Å². The van der Waals surface area contributed by atoms with Crippen LogP contribution in [0.15, 0.2) is 58.7 Å². The van der Waals surface area contributed by atoms with Gasteiger partial charge in [0.1, 0.15) is 0 Å². The lowest BCUT2D eigenvalue weighted by Crippen LogP contribution is -2.02. The molecule has 0 aliphatic rings. The molecule has 0 heterocycles. The third-order valence-electron chi connectivity index (χ3n) is 2.98. The number of allylic oxidation sites excluding steroid dienone is 1. The fourth-order valence-electron chi connectivity index (χ4n) is 1.92. The molecule has 0 spiro atoms. The highest BCUT2D eigenvalue weighted by molar-refractivity contribution is 9.10. The van der Waals surface area contributed by atoms with Gasteiger partial charge in [-0.25, -0.2) is 0 Å². The van der Waals surface area contributed by atoms with E-state index < -0.39 is 0 Å². The molecule has 4 heteroatoms. The second-order valence-corrected chi connectivity index (χ2v) is 5.42. The van der Waals surface area contributed by atoms with Crippen molar-refractivity contribution in [3.05, 3.63) is 85.5 Å². The largest absolute Gasteiger partial charge is 0.259 e. The minimum atomic E-state index is -0.315. The van der Waals surface area contributed by atoms with Crippen molar-refractivity contribution in [2.45, 2.75) is 13.3 Å². The van der Waals surface area contributed by atoms with Crippen molar-refractivity contribution in [2.75, 3.05) is 0 Å². The van der Waals surface area contributed by atoms with Gasteiger partial charge in [0.25, 0.3) is 5.70 Å². The Labute approximate surface area is 126 Å². The molecule has 0 unspecified atom stereocenters. The highest BCUT2D eigenvalue weighted by Gasteiger charge is 2.12. The van der Waals surface area contributed by atoms with Gasteiger partial charge in [-0.15, -0.1) is 0 Å². The van der Waals surface area contributed by atoms with Gasteiger partial charge in [0.15, 0.2) is 0 Å². The Morgan fingerprint density at radius 1 is 1.25 bits per heavy atom. The number of nitro groups is 1. The average molecular weight is 332 g/mol. The predicted octanol–water partition coefficient (Wildman–Crippen LogP) is 4.62. The Kier molecular flexibility index (Phi) is 4.69. The van der Waals surface area contributed by atoms with Crippen molar-refractivity contribution in [1.82, 2.24) is 0 Å². The van der Waals surface area contributed by atoms with Crippen LogP contribution in [0.25, 0.3) is 6.08 Å². The monoisotopic (exact) mass is 331 g/mol. The van der Waals surface area contributed by atoms with E-state index in [0.29, 0.717) is 6.42 Å². The second-order valence-electron chi connectivity index (χ2n) is 4.56. The number of halogens is 1. The Hall–Kier alpha value is -1.94. The van der Waals surface area contributed by atoms with Crippen molar-refractivity contribution >= 4 is 22.0 Å². The first-order valence-corrected chi connectivity index (χ1v) is 7.00. The molecule has 2 aromatic carbocycles. The van der Waals surface area contributed by atoms with Crippen LogP contribution in [0.1, 0.15) is 16.7 Å². The zero-order valence-electron chi connectivity index (χ0n) is 11.0. The van der Waals surface area contributed by atoms with Gasteiger partial charge in [-0.2, -0.15) is 0 Å². The van der Waals surface area contributed by atoms with E-state index in [-0.39, 0.29) is 10.6 Å². The highest BCUT2D eigenvalue weighted by Crippen LogP contribution is 2.20. The van der Waals surface area contributed by atoms with Crippen LogP contribution in [0.4, 0.5) is 0 Å². The van der Waals surface area contributed by atoms with Crippen LogP contribution in [0.2, 0.25) is 0 Å². The molecule has 3 nitrogen and oxygen atoms in total. The molecule has 0 N–H and O–H groups in total. The normalized spacial score (nSPS) is 11.4. The van der Waals surface area contributed by atoms with Crippen molar-refractivity contribution in [3.8, 4) is 0 Å². The first-order valence-electron chi connectivity index (χ1n) is 6.21. The van der Waals surface area contributed by atoms with Crippen LogP contribution < -0.4 is 0 Å². The van der Waals surface area contributed by atoms with E-state index in [0.717, 1.165) is 21.2 Å². The molecule has 0 radical (unpaired) electrons. The van der Waals surface area contributed by atoms with Crippen LogP contribution in [-0.2, 0) is 6.42 Å². The zero-order chi connectivity index (χ0) is 14.5. The molecule has 20 heavy (non-hydrogen) atoms. The van der Waals surface area contributed by atoms with Crippen molar-refractivity contribution in [2.24, 2.45) is 0 Å². The lowest BCUT2D eigenvalue weighted by molar-refractivity contribution is -0.425. The van der Waals surface area contributed by atoms with Gasteiger partial charge in [0.2, 0.25) is 0 Å². The van der Waals surface area contributed by atoms with Crippen LogP contribution in [0.3, 0.4) is 0 Å². The van der Waals surface area contributed by atoms with E-state index in [1.165, 1.54) is 0 Å². The molecule has 2 rings (SSSR count). The number of aryl methyl sites for hydroxylation is 1. The van der Waals surface area contributed by atoms with Gasteiger partial charge >= 0.3 is 0 Å². The molecule has 0 saturated carbocycles. The van der Waals surface area contributed by atoms with Gasteiger partial charge in [0, 0.05) is 10.5 Å². The summed E-state index contributed by atoms with van der Waals surface area (Å²) in [6, 6.07) is 15.2. The van der Waals surface area contributed by atoms with E-state index in [1.54, 1.807) is 6.08 Å². The SMILES string of the molecule is Cc1cc(C=C(Cc2ccccc2)[N+](=O)[O-])ccc1Br. The quantitative estimate of drug-likeness (QED) is 0.606. The van der Waals surface area contributed by atoms with Gasteiger partial charge in [-0.05, 0) is 29.7 Å². The molecular weight excluding hydrogens is 318 g/mol. The summed E-state index contributed by atoms with van der Waals surface area (Å²) in [6.07, 6.45) is 1.95. The molecule has 0 atom stereocenters. The van der Waals surface area contributed by atoms with Crippen LogP contribution in [0, 0.1) is 17.0 Å². The minimum Gasteiger partial charge on any atom is -0.259 e. The number of hydrogen-bond acceptors (Lipinski definition) is 2. The summed E-state index contributed by atoms with van der Waals surface area (Å²) in [6.45, 7) is 1.96. The minimum absolute atomic E-state index is 0.193. The first kappa shape index (κ1) is 14.5. The topological polar surface area (TPSA) is 43.1 Å². The molecule has 0 saturated heterocycles. The van der Waals surface area contributed by atoms with Crippen molar-refractivity contribution < 1.29 is 4.92 Å². The molecule has 0 aliphatic carbocycles. The van der Waals surface area contributed by atoms with Crippen LogP contribution in [0.5, 0.6) is 0 Å². The summed E-state index contributed by atoms with van der Waals surface area (Å²) in [5, 5.41) is 11.2. The fourth-order valence-corrected chi connectivity index (χ4v) is 2.17. The molecule has 0 aliphatic heterocycles. The van der Waals surface area contributed by atoms with Crippen molar-refractivity contribution in [3.63, 3.8) is 0 Å². The Morgan fingerprint density at radius 3 is 2.55 bits per heavy atom. The summed E-state index contributed by atoms with van der Waals surface area (Å²) in [5.41, 5.74) is 3.02.